The fourth-order valence-corrected chi connectivity index (χ4v) is 1.84. The van der Waals surface area contributed by atoms with E-state index in [4.69, 9.17) is 15.2 Å². The van der Waals surface area contributed by atoms with Crippen LogP contribution in [0.4, 0.5) is 0 Å². The number of fused-ring (bicyclic) bond motifs is 1. The van der Waals surface area contributed by atoms with Crippen LogP contribution in [-0.2, 0) is 6.42 Å². The van der Waals surface area contributed by atoms with Crippen molar-refractivity contribution >= 4 is 0 Å². The Labute approximate surface area is 83.8 Å². The van der Waals surface area contributed by atoms with Gasteiger partial charge in [-0.3, -0.25) is 0 Å². The smallest absolute Gasteiger partial charge is 0.126 e. The van der Waals surface area contributed by atoms with Gasteiger partial charge in [0.1, 0.15) is 17.6 Å². The molecule has 2 N–H and O–H groups in total. The van der Waals surface area contributed by atoms with Crippen molar-refractivity contribution in [3.05, 3.63) is 23.8 Å². The van der Waals surface area contributed by atoms with Crippen LogP contribution < -0.4 is 15.2 Å². The molecule has 0 fully saturated rings. The zero-order valence-corrected chi connectivity index (χ0v) is 8.32. The summed E-state index contributed by atoms with van der Waals surface area (Å²) in [6, 6.07) is 5.89. The third-order valence-corrected chi connectivity index (χ3v) is 2.52. The zero-order valence-electron chi connectivity index (χ0n) is 8.32. The molecule has 1 aliphatic rings. The van der Waals surface area contributed by atoms with E-state index in [0.29, 0.717) is 6.54 Å². The SMILES string of the molecule is COc1cccc2c1CC(CCN)O2. The summed E-state index contributed by atoms with van der Waals surface area (Å²) < 4.78 is 11.0. The van der Waals surface area contributed by atoms with Gasteiger partial charge in [-0.15, -0.1) is 0 Å². The number of nitrogens with two attached hydrogens (primary N) is 1. The van der Waals surface area contributed by atoms with E-state index in [1.807, 2.05) is 18.2 Å². The monoisotopic (exact) mass is 193 g/mol. The molecule has 1 aromatic rings. The molecule has 1 atom stereocenters. The first kappa shape index (κ1) is 9.34. The molecule has 0 amide bonds. The second-order valence-electron chi connectivity index (χ2n) is 3.46. The highest BCUT2D eigenvalue weighted by Crippen LogP contribution is 2.36. The molecule has 1 aromatic carbocycles. The van der Waals surface area contributed by atoms with Gasteiger partial charge >= 0.3 is 0 Å². The minimum Gasteiger partial charge on any atom is -0.496 e. The Bertz CT molecular complexity index is 325. The van der Waals surface area contributed by atoms with E-state index in [-0.39, 0.29) is 6.10 Å². The van der Waals surface area contributed by atoms with Crippen LogP contribution in [0, 0.1) is 0 Å². The second kappa shape index (κ2) is 3.88. The van der Waals surface area contributed by atoms with Gasteiger partial charge in [0.2, 0.25) is 0 Å². The minimum absolute atomic E-state index is 0.228. The standard InChI is InChI=1S/C11H15NO2/c1-13-10-3-2-4-11-9(10)7-8(14-11)5-6-12/h2-4,8H,5-7,12H2,1H3. The van der Waals surface area contributed by atoms with Crippen molar-refractivity contribution in [2.75, 3.05) is 13.7 Å². The number of hydrogen-bond donors (Lipinski definition) is 1. The molecule has 0 aliphatic carbocycles. The quantitative estimate of drug-likeness (QED) is 0.788. The molecule has 3 heteroatoms. The molecule has 1 heterocycles. The normalized spacial score (nSPS) is 18.9. The van der Waals surface area contributed by atoms with Crippen molar-refractivity contribution in [2.24, 2.45) is 5.73 Å². The van der Waals surface area contributed by atoms with Crippen LogP contribution in [0.3, 0.4) is 0 Å². The summed E-state index contributed by atoms with van der Waals surface area (Å²) >= 11 is 0. The Hall–Kier alpha value is -1.22. The lowest BCUT2D eigenvalue weighted by molar-refractivity contribution is 0.224. The van der Waals surface area contributed by atoms with Crippen LogP contribution in [0.25, 0.3) is 0 Å². The Kier molecular flexibility index (Phi) is 2.59. The predicted octanol–water partition coefficient (Wildman–Crippen LogP) is 1.35. The van der Waals surface area contributed by atoms with Gasteiger partial charge < -0.3 is 15.2 Å². The van der Waals surface area contributed by atoms with Gasteiger partial charge in [-0.25, -0.2) is 0 Å². The van der Waals surface area contributed by atoms with Crippen molar-refractivity contribution in [1.82, 2.24) is 0 Å². The van der Waals surface area contributed by atoms with Gasteiger partial charge in [-0.2, -0.15) is 0 Å². The first-order valence-electron chi connectivity index (χ1n) is 4.87. The van der Waals surface area contributed by atoms with Crippen molar-refractivity contribution in [2.45, 2.75) is 18.9 Å². The maximum atomic E-state index is 5.73. The number of benzene rings is 1. The lowest BCUT2D eigenvalue weighted by atomic mass is 10.1. The minimum atomic E-state index is 0.228. The number of methoxy groups -OCH3 is 1. The van der Waals surface area contributed by atoms with Crippen molar-refractivity contribution in [3.8, 4) is 11.5 Å². The summed E-state index contributed by atoms with van der Waals surface area (Å²) in [4.78, 5) is 0. The number of ether oxygens (including phenoxy) is 2. The van der Waals surface area contributed by atoms with E-state index in [0.717, 1.165) is 24.3 Å². The largest absolute Gasteiger partial charge is 0.496 e. The molecule has 0 saturated heterocycles. The molecule has 1 unspecified atom stereocenters. The Morgan fingerprint density at radius 2 is 2.43 bits per heavy atom. The van der Waals surface area contributed by atoms with Gasteiger partial charge in [0.15, 0.2) is 0 Å². The van der Waals surface area contributed by atoms with E-state index >= 15 is 0 Å². The molecule has 3 nitrogen and oxygen atoms in total. The number of hydrogen-bond acceptors (Lipinski definition) is 3. The molecule has 14 heavy (non-hydrogen) atoms. The molecule has 0 aromatic heterocycles. The second-order valence-corrected chi connectivity index (χ2v) is 3.46. The van der Waals surface area contributed by atoms with E-state index in [1.165, 1.54) is 5.56 Å². The van der Waals surface area contributed by atoms with Gasteiger partial charge in [0.05, 0.1) is 7.11 Å². The van der Waals surface area contributed by atoms with E-state index in [1.54, 1.807) is 7.11 Å². The summed E-state index contributed by atoms with van der Waals surface area (Å²) in [5.41, 5.74) is 6.68. The Morgan fingerprint density at radius 1 is 1.57 bits per heavy atom. The lowest BCUT2D eigenvalue weighted by Gasteiger charge is -2.07. The highest BCUT2D eigenvalue weighted by atomic mass is 16.5. The molecule has 0 radical (unpaired) electrons. The summed E-state index contributed by atoms with van der Waals surface area (Å²) in [5.74, 6) is 1.87. The van der Waals surface area contributed by atoms with Gasteiger partial charge in [-0.1, -0.05) is 6.07 Å². The van der Waals surface area contributed by atoms with E-state index in [9.17, 15) is 0 Å². The summed E-state index contributed by atoms with van der Waals surface area (Å²) in [6.45, 7) is 0.668. The van der Waals surface area contributed by atoms with Gasteiger partial charge in [0, 0.05) is 12.0 Å². The average Bonchev–Trinajstić information content (AvgIpc) is 2.60. The lowest BCUT2D eigenvalue weighted by Crippen LogP contribution is -2.17. The molecule has 1 aliphatic heterocycles. The molecule has 76 valence electrons. The van der Waals surface area contributed by atoms with Crippen LogP contribution in [0.5, 0.6) is 11.5 Å². The Morgan fingerprint density at radius 3 is 3.14 bits per heavy atom. The van der Waals surface area contributed by atoms with Crippen LogP contribution in [-0.4, -0.2) is 19.8 Å². The topological polar surface area (TPSA) is 44.5 Å². The van der Waals surface area contributed by atoms with Gasteiger partial charge in [-0.05, 0) is 25.1 Å². The molecule has 2 rings (SSSR count). The molecular formula is C11H15NO2. The highest BCUT2D eigenvalue weighted by Gasteiger charge is 2.24. The van der Waals surface area contributed by atoms with E-state index in [2.05, 4.69) is 0 Å². The van der Waals surface area contributed by atoms with Crippen LogP contribution >= 0.6 is 0 Å². The Balaban J connectivity index is 2.21. The summed E-state index contributed by atoms with van der Waals surface area (Å²) in [7, 11) is 1.69. The van der Waals surface area contributed by atoms with Crippen molar-refractivity contribution < 1.29 is 9.47 Å². The fraction of sp³-hybridized carbons (Fsp3) is 0.455. The van der Waals surface area contributed by atoms with Crippen LogP contribution in [0.1, 0.15) is 12.0 Å². The first-order chi connectivity index (χ1) is 6.85. The predicted molar refractivity (Wildman–Crippen MR) is 54.8 cm³/mol. The third kappa shape index (κ3) is 1.55. The average molecular weight is 193 g/mol. The maximum absolute atomic E-state index is 5.73. The summed E-state index contributed by atoms with van der Waals surface area (Å²) in [5, 5.41) is 0. The zero-order chi connectivity index (χ0) is 9.97. The maximum Gasteiger partial charge on any atom is 0.126 e. The van der Waals surface area contributed by atoms with Crippen molar-refractivity contribution in [1.29, 1.82) is 0 Å². The summed E-state index contributed by atoms with van der Waals surface area (Å²) in [6.07, 6.45) is 2.04. The van der Waals surface area contributed by atoms with Crippen molar-refractivity contribution in [3.63, 3.8) is 0 Å². The van der Waals surface area contributed by atoms with E-state index < -0.39 is 0 Å². The molecular weight excluding hydrogens is 178 g/mol. The fourth-order valence-electron chi connectivity index (χ4n) is 1.84. The van der Waals surface area contributed by atoms with Gasteiger partial charge in [0.25, 0.3) is 0 Å². The molecule has 0 bridgehead atoms. The molecule has 0 saturated carbocycles. The van der Waals surface area contributed by atoms with Crippen LogP contribution in [0.2, 0.25) is 0 Å². The number of rotatable bonds is 3. The third-order valence-electron chi connectivity index (χ3n) is 2.52. The molecule has 0 spiro atoms. The highest BCUT2D eigenvalue weighted by molar-refractivity contribution is 5.47. The first-order valence-corrected chi connectivity index (χ1v) is 4.87. The van der Waals surface area contributed by atoms with Crippen LogP contribution in [0.15, 0.2) is 18.2 Å².